The number of unbranched alkanes of at least 4 members (excludes halogenated alkanes) is 1. The van der Waals surface area contributed by atoms with Gasteiger partial charge in [-0.2, -0.15) is 4.31 Å². The zero-order chi connectivity index (χ0) is 26.7. The maximum Gasteiger partial charge on any atom is 0.276 e. The molecule has 0 spiro atoms. The molecule has 1 atom stereocenters. The molecule has 2 fully saturated rings. The number of nitrogens with two attached hydrogens (primary N) is 1. The number of piperazine rings is 1. The van der Waals surface area contributed by atoms with Crippen LogP contribution in [0.3, 0.4) is 0 Å². The summed E-state index contributed by atoms with van der Waals surface area (Å²) in [6.07, 6.45) is 3.45. The van der Waals surface area contributed by atoms with E-state index in [9.17, 15) is 17.4 Å². The van der Waals surface area contributed by atoms with Crippen LogP contribution in [0.5, 0.6) is 5.75 Å². The Balaban J connectivity index is 1.41. The van der Waals surface area contributed by atoms with Crippen molar-refractivity contribution in [2.45, 2.75) is 42.4 Å². The van der Waals surface area contributed by atoms with E-state index in [1.165, 1.54) is 22.7 Å². The molecule has 4 rings (SSSR count). The predicted molar refractivity (Wildman–Crippen MR) is 145 cm³/mol. The maximum absolute atomic E-state index is 14.2. The SMILES string of the molecule is C=S(=O)(N1CCN(c2ccc(OCCCC)cc2)CC1)C1(C(N)=O)CCN(S(=O)(=O)c2ccco2)CC1. The molecule has 2 N–H and O–H groups in total. The van der Waals surface area contributed by atoms with Crippen LogP contribution in [0.4, 0.5) is 5.69 Å². The molecular weight excluding hydrogens is 516 g/mol. The monoisotopic (exact) mass is 552 g/mol. The minimum absolute atomic E-state index is 0.00508. The van der Waals surface area contributed by atoms with Crippen molar-refractivity contribution < 1.29 is 26.6 Å². The van der Waals surface area contributed by atoms with Crippen LogP contribution in [-0.2, 0) is 24.5 Å². The molecule has 0 bridgehead atoms. The fraction of sp³-hybridized carbons (Fsp3) is 0.520. The molecule has 3 heterocycles. The molecule has 2 aromatic rings. The number of benzene rings is 1. The fourth-order valence-electron chi connectivity index (χ4n) is 4.92. The largest absolute Gasteiger partial charge is 0.494 e. The van der Waals surface area contributed by atoms with Gasteiger partial charge in [0.25, 0.3) is 10.0 Å². The molecule has 2 aliphatic heterocycles. The third kappa shape index (κ3) is 5.38. The molecular formula is C25H36N4O6S2. The standard InChI is InChI=1S/C25H36N4O6S2/c1-3-4-19-34-22-9-7-21(8-10-22)27-15-17-28(18-16-27)36(2,31)25(24(26)30)11-13-29(14-12-25)37(32,33)23-6-5-20-35-23/h5-10,20H,2-4,11-19H2,1H3,(H2,26,30). The Bertz CT molecular complexity index is 1260. The number of piperidine rings is 1. The summed E-state index contributed by atoms with van der Waals surface area (Å²) in [4.78, 5) is 14.9. The third-order valence-electron chi connectivity index (χ3n) is 7.30. The van der Waals surface area contributed by atoms with Gasteiger partial charge >= 0.3 is 0 Å². The van der Waals surface area contributed by atoms with Crippen LogP contribution in [0.15, 0.2) is 52.2 Å². The van der Waals surface area contributed by atoms with Crippen molar-refractivity contribution in [2.75, 3.05) is 50.8 Å². The number of hydrogen-bond acceptors (Lipinski definition) is 7. The van der Waals surface area contributed by atoms with E-state index in [-0.39, 0.29) is 31.0 Å². The Morgan fingerprint density at radius 3 is 2.22 bits per heavy atom. The topological polar surface area (TPSA) is 126 Å². The summed E-state index contributed by atoms with van der Waals surface area (Å²) in [5.74, 6) is 4.15. The van der Waals surface area contributed by atoms with E-state index in [2.05, 4.69) is 17.7 Å². The van der Waals surface area contributed by atoms with Crippen LogP contribution < -0.4 is 15.4 Å². The van der Waals surface area contributed by atoms with Gasteiger partial charge in [-0.1, -0.05) is 13.3 Å². The Kier molecular flexibility index (Phi) is 8.22. The van der Waals surface area contributed by atoms with E-state index >= 15 is 0 Å². The summed E-state index contributed by atoms with van der Waals surface area (Å²) in [5, 5.41) is -0.161. The summed E-state index contributed by atoms with van der Waals surface area (Å²) >= 11 is 0. The third-order valence-corrected chi connectivity index (χ3v) is 12.1. The summed E-state index contributed by atoms with van der Waals surface area (Å²) in [7, 11) is -6.97. The summed E-state index contributed by atoms with van der Waals surface area (Å²) < 4.78 is 52.2. The Hall–Kier alpha value is -2.54. The lowest BCUT2D eigenvalue weighted by molar-refractivity contribution is -0.121. The average Bonchev–Trinajstić information content (AvgIpc) is 3.45. The number of ether oxygens (including phenoxy) is 1. The number of furan rings is 1. The van der Waals surface area contributed by atoms with E-state index in [1.807, 2.05) is 24.3 Å². The number of carbonyl (C=O) groups excluding carboxylic acids is 1. The normalized spacial score (nSPS) is 20.8. The number of hydrogen-bond donors (Lipinski definition) is 1. The number of carbonyl (C=O) groups is 1. The molecule has 12 heteroatoms. The van der Waals surface area contributed by atoms with E-state index in [0.29, 0.717) is 32.8 Å². The smallest absolute Gasteiger partial charge is 0.276 e. The molecule has 1 aromatic carbocycles. The first-order valence-corrected chi connectivity index (χ1v) is 15.7. The highest BCUT2D eigenvalue weighted by Gasteiger charge is 2.51. The molecule has 37 heavy (non-hydrogen) atoms. The summed E-state index contributed by atoms with van der Waals surface area (Å²) in [6.45, 7) is 4.93. The molecule has 2 saturated heterocycles. The average molecular weight is 553 g/mol. The van der Waals surface area contributed by atoms with Crippen molar-refractivity contribution >= 4 is 37.2 Å². The molecule has 0 saturated carbocycles. The van der Waals surface area contributed by atoms with Gasteiger partial charge in [-0.3, -0.25) is 9.00 Å². The van der Waals surface area contributed by atoms with Gasteiger partial charge in [0.05, 0.1) is 12.9 Å². The quantitative estimate of drug-likeness (QED) is 0.352. The lowest BCUT2D eigenvalue weighted by Gasteiger charge is -2.46. The molecule has 1 amide bonds. The molecule has 0 radical (unpaired) electrons. The molecule has 0 aliphatic carbocycles. The van der Waals surface area contributed by atoms with Gasteiger partial charge in [-0.05, 0) is 61.5 Å². The van der Waals surface area contributed by atoms with Crippen molar-refractivity contribution in [3.05, 3.63) is 42.7 Å². The van der Waals surface area contributed by atoms with Crippen LogP contribution >= 0.6 is 0 Å². The number of anilines is 1. The zero-order valence-corrected chi connectivity index (χ0v) is 22.8. The highest BCUT2D eigenvalue weighted by Crippen LogP contribution is 2.36. The van der Waals surface area contributed by atoms with Crippen molar-refractivity contribution in [3.63, 3.8) is 0 Å². The Morgan fingerprint density at radius 1 is 1.03 bits per heavy atom. The van der Waals surface area contributed by atoms with Gasteiger partial charge in [0.2, 0.25) is 11.0 Å². The first-order chi connectivity index (χ1) is 17.6. The van der Waals surface area contributed by atoms with Crippen molar-refractivity contribution in [3.8, 4) is 5.75 Å². The van der Waals surface area contributed by atoms with Gasteiger partial charge in [0.15, 0.2) is 0 Å². The van der Waals surface area contributed by atoms with Gasteiger partial charge in [0.1, 0.15) is 10.5 Å². The van der Waals surface area contributed by atoms with Crippen LogP contribution in [-0.4, -0.2) is 83.6 Å². The van der Waals surface area contributed by atoms with E-state index in [0.717, 1.165) is 24.3 Å². The van der Waals surface area contributed by atoms with E-state index in [4.69, 9.17) is 14.9 Å². The molecule has 1 aromatic heterocycles. The van der Waals surface area contributed by atoms with Crippen LogP contribution in [0, 0.1) is 0 Å². The van der Waals surface area contributed by atoms with Crippen LogP contribution in [0.25, 0.3) is 0 Å². The maximum atomic E-state index is 14.2. The first kappa shape index (κ1) is 27.5. The number of rotatable bonds is 10. The minimum atomic E-state index is -3.84. The molecule has 2 aliphatic rings. The highest BCUT2D eigenvalue weighted by molar-refractivity contribution is 8.00. The van der Waals surface area contributed by atoms with Gasteiger partial charge in [-0.15, -0.1) is 0 Å². The molecule has 1 unspecified atom stereocenters. The predicted octanol–water partition coefficient (Wildman–Crippen LogP) is 1.92. The van der Waals surface area contributed by atoms with Crippen molar-refractivity contribution in [1.29, 1.82) is 0 Å². The Labute approximate surface area is 219 Å². The van der Waals surface area contributed by atoms with Crippen molar-refractivity contribution in [1.82, 2.24) is 8.61 Å². The number of amides is 1. The second-order valence-corrected chi connectivity index (χ2v) is 13.9. The number of primary amides is 1. The zero-order valence-electron chi connectivity index (χ0n) is 21.2. The number of sulfonamides is 1. The number of nitrogens with zero attached hydrogens (tertiary/aromatic N) is 3. The summed E-state index contributed by atoms with van der Waals surface area (Å²) in [5.41, 5.74) is 6.87. The van der Waals surface area contributed by atoms with Crippen molar-refractivity contribution in [2.24, 2.45) is 5.73 Å². The van der Waals surface area contributed by atoms with Gasteiger partial charge in [-0.25, -0.2) is 12.7 Å². The minimum Gasteiger partial charge on any atom is -0.494 e. The second kappa shape index (κ2) is 11.1. The van der Waals surface area contributed by atoms with E-state index in [1.54, 1.807) is 4.31 Å². The van der Waals surface area contributed by atoms with Crippen LogP contribution in [0.2, 0.25) is 0 Å². The fourth-order valence-corrected chi connectivity index (χ4v) is 8.65. The second-order valence-electron chi connectivity index (χ2n) is 9.45. The van der Waals surface area contributed by atoms with Gasteiger partial charge < -0.3 is 19.8 Å². The summed E-state index contributed by atoms with van der Waals surface area (Å²) in [6, 6.07) is 10.8. The lowest BCUT2D eigenvalue weighted by atomic mass is 9.96. The lowest BCUT2D eigenvalue weighted by Crippen LogP contribution is -2.63. The Morgan fingerprint density at radius 2 is 1.68 bits per heavy atom. The first-order valence-electron chi connectivity index (χ1n) is 12.5. The molecule has 10 nitrogen and oxygen atoms in total. The highest BCUT2D eigenvalue weighted by atomic mass is 32.2. The van der Waals surface area contributed by atoms with Gasteiger partial charge in [0, 0.05) is 54.7 Å². The van der Waals surface area contributed by atoms with Crippen LogP contribution in [0.1, 0.15) is 32.6 Å². The molecule has 204 valence electrons. The van der Waals surface area contributed by atoms with E-state index < -0.39 is 30.4 Å².